The van der Waals surface area contributed by atoms with Gasteiger partial charge in [0.15, 0.2) is 11.5 Å². The van der Waals surface area contributed by atoms with E-state index in [1.54, 1.807) is 20.2 Å². The van der Waals surface area contributed by atoms with E-state index in [0.29, 0.717) is 11.6 Å². The molecule has 0 aliphatic carbocycles. The van der Waals surface area contributed by atoms with E-state index >= 15 is 0 Å². The Morgan fingerprint density at radius 3 is 2.84 bits per heavy atom. The number of carbonyl (C=O) groups is 1. The lowest BCUT2D eigenvalue weighted by Crippen LogP contribution is -2.25. The molecule has 1 aliphatic rings. The summed E-state index contributed by atoms with van der Waals surface area (Å²) in [5, 5.41) is 17.1. The second-order valence-corrected chi connectivity index (χ2v) is 5.09. The minimum Gasteiger partial charge on any atom is -0.396 e. The van der Waals surface area contributed by atoms with E-state index in [1.165, 1.54) is 4.90 Å². The molecule has 1 aromatic rings. The molecule has 2 heterocycles. The van der Waals surface area contributed by atoms with Crippen LogP contribution < -0.4 is 4.90 Å². The van der Waals surface area contributed by atoms with Crippen molar-refractivity contribution in [1.29, 1.82) is 0 Å². The number of amides is 1. The first-order chi connectivity index (χ1) is 9.11. The molecular weight excluding hydrogens is 244 g/mol. The summed E-state index contributed by atoms with van der Waals surface area (Å²) in [4.78, 5) is 15.3. The molecule has 1 fully saturated rings. The first-order valence-electron chi connectivity index (χ1n) is 6.53. The average Bonchev–Trinajstić information content (AvgIpc) is 2.87. The number of aliphatic hydroxyl groups is 1. The molecule has 19 heavy (non-hydrogen) atoms. The Labute approximate surface area is 113 Å². The van der Waals surface area contributed by atoms with Gasteiger partial charge in [0.25, 0.3) is 5.91 Å². The van der Waals surface area contributed by atoms with Gasteiger partial charge >= 0.3 is 0 Å². The molecule has 6 heteroatoms. The predicted octanol–water partition coefficient (Wildman–Crippen LogP) is 0.387. The van der Waals surface area contributed by atoms with Gasteiger partial charge in [-0.3, -0.25) is 4.79 Å². The number of carbonyl (C=O) groups excluding carboxylic acids is 1. The fraction of sp³-hybridized carbons (Fsp3) is 0.615. The van der Waals surface area contributed by atoms with Gasteiger partial charge in [-0.25, -0.2) is 0 Å². The summed E-state index contributed by atoms with van der Waals surface area (Å²) in [5.74, 6) is 1.18. The Morgan fingerprint density at radius 2 is 2.26 bits per heavy atom. The lowest BCUT2D eigenvalue weighted by molar-refractivity contribution is 0.0821. The predicted molar refractivity (Wildman–Crippen MR) is 72.1 cm³/mol. The van der Waals surface area contributed by atoms with Gasteiger partial charge < -0.3 is 14.9 Å². The summed E-state index contributed by atoms with van der Waals surface area (Å²) < 4.78 is 0. The summed E-state index contributed by atoms with van der Waals surface area (Å²) in [5.41, 5.74) is 0.361. The summed E-state index contributed by atoms with van der Waals surface area (Å²) >= 11 is 0. The Balaban J connectivity index is 2.01. The highest BCUT2D eigenvalue weighted by Gasteiger charge is 2.23. The standard InChI is InChI=1S/C13H20N4O2/c1-16(2)13(19)11-3-4-12(15-14-11)17-7-5-10(9-17)6-8-18/h3-4,10,18H,5-9H2,1-2H3. The zero-order chi connectivity index (χ0) is 13.8. The first kappa shape index (κ1) is 13.7. The van der Waals surface area contributed by atoms with Gasteiger partial charge in [-0.2, -0.15) is 0 Å². The summed E-state index contributed by atoms with van der Waals surface area (Å²) in [6.07, 6.45) is 1.90. The molecule has 0 aromatic carbocycles. The summed E-state index contributed by atoms with van der Waals surface area (Å²) in [6.45, 7) is 2.07. The maximum Gasteiger partial charge on any atom is 0.273 e. The van der Waals surface area contributed by atoms with Crippen molar-refractivity contribution in [2.24, 2.45) is 5.92 Å². The third kappa shape index (κ3) is 3.20. The Hall–Kier alpha value is -1.69. The molecule has 1 atom stereocenters. The molecule has 2 rings (SSSR count). The quantitative estimate of drug-likeness (QED) is 0.852. The van der Waals surface area contributed by atoms with Gasteiger partial charge in [0.2, 0.25) is 0 Å². The smallest absolute Gasteiger partial charge is 0.273 e. The fourth-order valence-corrected chi connectivity index (χ4v) is 2.30. The Morgan fingerprint density at radius 1 is 1.47 bits per heavy atom. The minimum atomic E-state index is -0.140. The lowest BCUT2D eigenvalue weighted by Gasteiger charge is -2.17. The second kappa shape index (κ2) is 5.97. The van der Waals surface area contributed by atoms with Crippen molar-refractivity contribution >= 4 is 11.7 Å². The van der Waals surface area contributed by atoms with Crippen LogP contribution in [-0.4, -0.2) is 59.9 Å². The zero-order valence-electron chi connectivity index (χ0n) is 11.4. The van der Waals surface area contributed by atoms with E-state index in [1.807, 2.05) is 6.07 Å². The van der Waals surface area contributed by atoms with Crippen molar-refractivity contribution in [3.05, 3.63) is 17.8 Å². The Kier molecular flexibility index (Phi) is 4.31. The van der Waals surface area contributed by atoms with E-state index < -0.39 is 0 Å². The van der Waals surface area contributed by atoms with Crippen LogP contribution in [0.15, 0.2) is 12.1 Å². The molecule has 0 radical (unpaired) electrons. The largest absolute Gasteiger partial charge is 0.396 e. The van der Waals surface area contributed by atoms with Gasteiger partial charge in [-0.1, -0.05) is 0 Å². The molecule has 1 unspecified atom stereocenters. The van der Waals surface area contributed by atoms with Gasteiger partial charge in [-0.05, 0) is 30.9 Å². The normalized spacial score (nSPS) is 18.7. The van der Waals surface area contributed by atoms with Crippen molar-refractivity contribution in [3.8, 4) is 0 Å². The molecule has 1 aromatic heterocycles. The number of aromatic nitrogens is 2. The highest BCUT2D eigenvalue weighted by molar-refractivity contribution is 5.91. The molecule has 6 nitrogen and oxygen atoms in total. The van der Waals surface area contributed by atoms with E-state index in [-0.39, 0.29) is 12.5 Å². The minimum absolute atomic E-state index is 0.140. The molecule has 1 amide bonds. The topological polar surface area (TPSA) is 69.6 Å². The fourth-order valence-electron chi connectivity index (χ4n) is 2.30. The van der Waals surface area contributed by atoms with E-state index in [0.717, 1.165) is 31.7 Å². The van der Waals surface area contributed by atoms with Crippen molar-refractivity contribution in [2.45, 2.75) is 12.8 Å². The molecule has 0 saturated carbocycles. The molecule has 0 bridgehead atoms. The van der Waals surface area contributed by atoms with Crippen LogP contribution in [0.1, 0.15) is 23.3 Å². The summed E-state index contributed by atoms with van der Waals surface area (Å²) in [6, 6.07) is 3.55. The molecule has 1 saturated heterocycles. The van der Waals surface area contributed by atoms with Crippen LogP contribution in [0.4, 0.5) is 5.82 Å². The van der Waals surface area contributed by atoms with E-state index in [9.17, 15) is 4.79 Å². The van der Waals surface area contributed by atoms with Crippen molar-refractivity contribution in [1.82, 2.24) is 15.1 Å². The van der Waals surface area contributed by atoms with Crippen molar-refractivity contribution in [3.63, 3.8) is 0 Å². The highest BCUT2D eigenvalue weighted by Crippen LogP contribution is 2.23. The van der Waals surface area contributed by atoms with E-state index in [4.69, 9.17) is 5.11 Å². The number of hydrogen-bond acceptors (Lipinski definition) is 5. The van der Waals surface area contributed by atoms with Crippen LogP contribution in [0, 0.1) is 5.92 Å². The number of nitrogens with zero attached hydrogens (tertiary/aromatic N) is 4. The van der Waals surface area contributed by atoms with Gasteiger partial charge in [0.05, 0.1) is 0 Å². The Bertz CT molecular complexity index is 433. The van der Waals surface area contributed by atoms with Crippen LogP contribution in [0.5, 0.6) is 0 Å². The zero-order valence-corrected chi connectivity index (χ0v) is 11.4. The van der Waals surface area contributed by atoms with Gasteiger partial charge in [-0.15, -0.1) is 10.2 Å². The van der Waals surface area contributed by atoms with Gasteiger partial charge in [0, 0.05) is 33.8 Å². The maximum absolute atomic E-state index is 11.7. The first-order valence-corrected chi connectivity index (χ1v) is 6.53. The SMILES string of the molecule is CN(C)C(=O)c1ccc(N2CCC(CCO)C2)nn1. The van der Waals surface area contributed by atoms with Crippen molar-refractivity contribution in [2.75, 3.05) is 38.7 Å². The van der Waals surface area contributed by atoms with Crippen LogP contribution in [0.2, 0.25) is 0 Å². The molecule has 0 spiro atoms. The number of aliphatic hydroxyl groups excluding tert-OH is 1. The molecular formula is C13H20N4O2. The highest BCUT2D eigenvalue weighted by atomic mass is 16.3. The van der Waals surface area contributed by atoms with Crippen LogP contribution in [-0.2, 0) is 0 Å². The molecule has 104 valence electrons. The number of anilines is 1. The average molecular weight is 264 g/mol. The number of rotatable bonds is 4. The molecule has 1 N–H and O–H groups in total. The van der Waals surface area contributed by atoms with Crippen molar-refractivity contribution < 1.29 is 9.90 Å². The second-order valence-electron chi connectivity index (χ2n) is 5.09. The van der Waals surface area contributed by atoms with Crippen LogP contribution in [0.3, 0.4) is 0 Å². The number of hydrogen-bond donors (Lipinski definition) is 1. The lowest BCUT2D eigenvalue weighted by atomic mass is 10.1. The van der Waals surface area contributed by atoms with E-state index in [2.05, 4.69) is 15.1 Å². The maximum atomic E-state index is 11.7. The van der Waals surface area contributed by atoms with Gasteiger partial charge in [0.1, 0.15) is 0 Å². The summed E-state index contributed by atoms with van der Waals surface area (Å²) in [7, 11) is 3.38. The molecule has 1 aliphatic heterocycles. The van der Waals surface area contributed by atoms with Crippen LogP contribution >= 0.6 is 0 Å². The monoisotopic (exact) mass is 264 g/mol. The third-order valence-corrected chi connectivity index (χ3v) is 3.42. The third-order valence-electron chi connectivity index (χ3n) is 3.42. The van der Waals surface area contributed by atoms with Crippen LogP contribution in [0.25, 0.3) is 0 Å².